The number of ether oxygens (including phenoxy) is 3. The fourth-order valence-corrected chi connectivity index (χ4v) is 4.01. The summed E-state index contributed by atoms with van der Waals surface area (Å²) in [5.74, 6) is 1.17. The van der Waals surface area contributed by atoms with Gasteiger partial charge in [0.15, 0.2) is 0 Å². The van der Waals surface area contributed by atoms with Gasteiger partial charge in [-0.05, 0) is 75.5 Å². The van der Waals surface area contributed by atoms with E-state index < -0.39 is 5.60 Å². The molecule has 1 aromatic rings. The van der Waals surface area contributed by atoms with E-state index in [1.54, 1.807) is 12.0 Å². The van der Waals surface area contributed by atoms with Crippen molar-refractivity contribution in [3.05, 3.63) is 29.3 Å². The van der Waals surface area contributed by atoms with Crippen LogP contribution >= 0.6 is 0 Å². The number of likely N-dealkylation sites (tertiary alicyclic amines) is 1. The molecule has 1 fully saturated rings. The van der Waals surface area contributed by atoms with E-state index in [4.69, 9.17) is 14.2 Å². The third kappa shape index (κ3) is 6.92. The Labute approximate surface area is 180 Å². The zero-order valence-corrected chi connectivity index (χ0v) is 19.3. The Kier molecular flexibility index (Phi) is 8.56. The van der Waals surface area contributed by atoms with Gasteiger partial charge < -0.3 is 19.1 Å². The number of carbonyl (C=O) groups is 2. The van der Waals surface area contributed by atoms with Crippen LogP contribution in [0.4, 0.5) is 4.79 Å². The van der Waals surface area contributed by atoms with Crippen molar-refractivity contribution in [2.75, 3.05) is 27.3 Å². The number of esters is 1. The van der Waals surface area contributed by atoms with Crippen molar-refractivity contribution in [2.45, 2.75) is 71.3 Å². The van der Waals surface area contributed by atoms with E-state index in [1.807, 2.05) is 20.8 Å². The predicted molar refractivity (Wildman–Crippen MR) is 117 cm³/mol. The van der Waals surface area contributed by atoms with E-state index in [0.29, 0.717) is 25.4 Å². The van der Waals surface area contributed by atoms with Crippen molar-refractivity contribution in [1.29, 1.82) is 0 Å². The molecule has 0 saturated carbocycles. The zero-order chi connectivity index (χ0) is 22.3. The van der Waals surface area contributed by atoms with Crippen molar-refractivity contribution < 1.29 is 23.8 Å². The van der Waals surface area contributed by atoms with Gasteiger partial charge in [-0.3, -0.25) is 4.79 Å². The van der Waals surface area contributed by atoms with E-state index in [9.17, 15) is 9.59 Å². The lowest BCUT2D eigenvalue weighted by atomic mass is 9.82. The summed E-state index contributed by atoms with van der Waals surface area (Å²) in [5, 5.41) is 0. The van der Waals surface area contributed by atoms with Crippen LogP contribution in [0.2, 0.25) is 0 Å². The van der Waals surface area contributed by atoms with Crippen LogP contribution in [0.5, 0.6) is 5.75 Å². The van der Waals surface area contributed by atoms with E-state index in [0.717, 1.165) is 42.6 Å². The number of aryl methyl sites for hydroxylation is 1. The second-order valence-electron chi connectivity index (χ2n) is 9.05. The van der Waals surface area contributed by atoms with Gasteiger partial charge in [-0.1, -0.05) is 19.1 Å². The SMILES string of the molecule is CCc1ccc(C(CC(=O)OC)CC2CCN(C(=O)OC(C)(C)C)CC2)cc1OC. The van der Waals surface area contributed by atoms with Crippen LogP contribution in [0, 0.1) is 5.92 Å². The lowest BCUT2D eigenvalue weighted by molar-refractivity contribution is -0.141. The van der Waals surface area contributed by atoms with E-state index in [2.05, 4.69) is 25.1 Å². The molecule has 1 aliphatic rings. The standard InChI is InChI=1S/C24H37NO5/c1-7-18-8-9-19(15-21(18)28-5)20(16-22(26)29-6)14-17-10-12-25(13-11-17)23(27)30-24(2,3)4/h8-9,15,17,20H,7,10-14,16H2,1-6H3. The van der Waals surface area contributed by atoms with E-state index >= 15 is 0 Å². The van der Waals surface area contributed by atoms with Gasteiger partial charge in [-0.25, -0.2) is 4.79 Å². The number of benzene rings is 1. The molecule has 0 bridgehead atoms. The molecule has 1 aliphatic heterocycles. The summed E-state index contributed by atoms with van der Waals surface area (Å²) in [7, 11) is 3.11. The molecule has 6 nitrogen and oxygen atoms in total. The number of hydrogen-bond acceptors (Lipinski definition) is 5. The average molecular weight is 420 g/mol. The number of carbonyl (C=O) groups excluding carboxylic acids is 2. The summed E-state index contributed by atoms with van der Waals surface area (Å²) in [6.07, 6.45) is 3.69. The summed E-state index contributed by atoms with van der Waals surface area (Å²) < 4.78 is 16.0. The van der Waals surface area contributed by atoms with Crippen LogP contribution in [-0.2, 0) is 20.7 Å². The first-order valence-electron chi connectivity index (χ1n) is 10.9. The molecule has 0 N–H and O–H groups in total. The Bertz CT molecular complexity index is 717. The quantitative estimate of drug-likeness (QED) is 0.586. The van der Waals surface area contributed by atoms with Crippen molar-refractivity contribution in [1.82, 2.24) is 4.90 Å². The first-order valence-corrected chi connectivity index (χ1v) is 10.9. The molecule has 0 aliphatic carbocycles. The van der Waals surface area contributed by atoms with Crippen LogP contribution < -0.4 is 4.74 Å². The molecule has 0 spiro atoms. The minimum absolute atomic E-state index is 0.0651. The van der Waals surface area contributed by atoms with Gasteiger partial charge in [0.25, 0.3) is 0 Å². The van der Waals surface area contributed by atoms with E-state index in [1.165, 1.54) is 7.11 Å². The molecular formula is C24H37NO5. The molecule has 2 rings (SSSR count). The molecule has 1 heterocycles. The molecule has 6 heteroatoms. The Balaban J connectivity index is 2.06. The molecule has 0 radical (unpaired) electrons. The Morgan fingerprint density at radius 2 is 1.83 bits per heavy atom. The van der Waals surface area contributed by atoms with Gasteiger partial charge in [-0.2, -0.15) is 0 Å². The van der Waals surface area contributed by atoms with Crippen LogP contribution in [0.3, 0.4) is 0 Å². The summed E-state index contributed by atoms with van der Waals surface area (Å²) in [5.41, 5.74) is 1.77. The third-order valence-corrected chi connectivity index (χ3v) is 5.69. The largest absolute Gasteiger partial charge is 0.496 e. The normalized spacial score (nSPS) is 16.1. The Morgan fingerprint density at radius 3 is 2.37 bits per heavy atom. The molecule has 168 valence electrons. The summed E-state index contributed by atoms with van der Waals surface area (Å²) >= 11 is 0. The lowest BCUT2D eigenvalue weighted by Gasteiger charge is -2.34. The minimum atomic E-state index is -0.483. The monoisotopic (exact) mass is 419 g/mol. The molecule has 1 saturated heterocycles. The van der Waals surface area contributed by atoms with Crippen molar-refractivity contribution in [3.8, 4) is 5.75 Å². The first-order chi connectivity index (χ1) is 14.2. The summed E-state index contributed by atoms with van der Waals surface area (Å²) in [6.45, 7) is 9.11. The van der Waals surface area contributed by atoms with Crippen molar-refractivity contribution in [2.24, 2.45) is 5.92 Å². The van der Waals surface area contributed by atoms with Gasteiger partial charge in [-0.15, -0.1) is 0 Å². The van der Waals surface area contributed by atoms with Crippen molar-refractivity contribution in [3.63, 3.8) is 0 Å². The summed E-state index contributed by atoms with van der Waals surface area (Å²) in [4.78, 5) is 26.2. The fourth-order valence-electron chi connectivity index (χ4n) is 4.01. The molecule has 0 aromatic heterocycles. The van der Waals surface area contributed by atoms with E-state index in [-0.39, 0.29) is 18.0 Å². The molecule has 1 aromatic carbocycles. The predicted octanol–water partition coefficient (Wildman–Crippen LogP) is 4.94. The molecular weight excluding hydrogens is 382 g/mol. The number of amides is 1. The topological polar surface area (TPSA) is 65.1 Å². The molecule has 30 heavy (non-hydrogen) atoms. The first kappa shape index (κ1) is 24.0. The maximum Gasteiger partial charge on any atom is 0.410 e. The van der Waals surface area contributed by atoms with Gasteiger partial charge in [0.1, 0.15) is 11.4 Å². The maximum absolute atomic E-state index is 12.3. The van der Waals surface area contributed by atoms with Gasteiger partial charge >= 0.3 is 12.1 Å². The molecule has 1 atom stereocenters. The number of nitrogens with zero attached hydrogens (tertiary/aromatic N) is 1. The highest BCUT2D eigenvalue weighted by Crippen LogP contribution is 2.35. The summed E-state index contributed by atoms with van der Waals surface area (Å²) in [6, 6.07) is 6.25. The Morgan fingerprint density at radius 1 is 1.17 bits per heavy atom. The fraction of sp³-hybridized carbons (Fsp3) is 0.667. The highest BCUT2D eigenvalue weighted by Gasteiger charge is 2.29. The van der Waals surface area contributed by atoms with Gasteiger partial charge in [0, 0.05) is 13.1 Å². The lowest BCUT2D eigenvalue weighted by Crippen LogP contribution is -2.41. The minimum Gasteiger partial charge on any atom is -0.496 e. The number of hydrogen-bond donors (Lipinski definition) is 0. The number of piperidine rings is 1. The van der Waals surface area contributed by atoms with Crippen molar-refractivity contribution >= 4 is 12.1 Å². The second kappa shape index (κ2) is 10.7. The average Bonchev–Trinajstić information content (AvgIpc) is 2.71. The third-order valence-electron chi connectivity index (χ3n) is 5.69. The van der Waals surface area contributed by atoms with Crippen LogP contribution in [0.1, 0.15) is 70.4 Å². The van der Waals surface area contributed by atoms with Gasteiger partial charge in [0.05, 0.1) is 20.6 Å². The number of methoxy groups -OCH3 is 2. The number of rotatable bonds is 7. The maximum atomic E-state index is 12.3. The van der Waals surface area contributed by atoms with Gasteiger partial charge in [0.2, 0.25) is 0 Å². The highest BCUT2D eigenvalue weighted by molar-refractivity contribution is 5.70. The van der Waals surface area contributed by atoms with Crippen LogP contribution in [-0.4, -0.2) is 49.9 Å². The second-order valence-corrected chi connectivity index (χ2v) is 9.05. The zero-order valence-electron chi connectivity index (χ0n) is 19.3. The smallest absolute Gasteiger partial charge is 0.410 e. The van der Waals surface area contributed by atoms with Crippen LogP contribution in [0.15, 0.2) is 18.2 Å². The highest BCUT2D eigenvalue weighted by atomic mass is 16.6. The molecule has 1 amide bonds. The Hall–Kier alpha value is -2.24. The molecule has 1 unspecified atom stereocenters. The van der Waals surface area contributed by atoms with Crippen LogP contribution in [0.25, 0.3) is 0 Å².